The van der Waals surface area contributed by atoms with E-state index in [0.29, 0.717) is 11.8 Å². The van der Waals surface area contributed by atoms with Gasteiger partial charge in [0, 0.05) is 38.6 Å². The summed E-state index contributed by atoms with van der Waals surface area (Å²) in [4.78, 5) is 16.5. The third-order valence-corrected chi connectivity index (χ3v) is 3.93. The van der Waals surface area contributed by atoms with Gasteiger partial charge in [-0.25, -0.2) is 0 Å². The van der Waals surface area contributed by atoms with E-state index in [9.17, 15) is 4.79 Å². The van der Waals surface area contributed by atoms with E-state index in [1.807, 2.05) is 4.90 Å². The van der Waals surface area contributed by atoms with Gasteiger partial charge in [0.2, 0.25) is 5.91 Å². The lowest BCUT2D eigenvalue weighted by Gasteiger charge is -2.28. The Morgan fingerprint density at radius 3 is 2.53 bits per heavy atom. The Balaban J connectivity index is 1.74. The molecule has 2 saturated heterocycles. The van der Waals surface area contributed by atoms with Gasteiger partial charge in [-0.2, -0.15) is 0 Å². The minimum atomic E-state index is 0.264. The standard InChI is InChI=1S/C13H24N2O2/c1-11(2)12-3-4-15(13(12)16)6-5-14-7-9-17-10-8-14/h11-12H,3-10H2,1-2H3/t12-/m1/s1. The lowest BCUT2D eigenvalue weighted by Crippen LogP contribution is -2.42. The smallest absolute Gasteiger partial charge is 0.226 e. The molecule has 0 N–H and O–H groups in total. The Labute approximate surface area is 104 Å². The van der Waals surface area contributed by atoms with Crippen LogP contribution in [0, 0.1) is 11.8 Å². The molecule has 0 aromatic carbocycles. The SMILES string of the molecule is CC(C)[C@H]1CCN(CCN2CCOCC2)C1=O. The molecule has 0 radical (unpaired) electrons. The van der Waals surface area contributed by atoms with Crippen molar-refractivity contribution < 1.29 is 9.53 Å². The minimum absolute atomic E-state index is 0.264. The van der Waals surface area contributed by atoms with Crippen LogP contribution >= 0.6 is 0 Å². The van der Waals surface area contributed by atoms with Crippen molar-refractivity contribution in [3.63, 3.8) is 0 Å². The van der Waals surface area contributed by atoms with Crippen LogP contribution in [-0.2, 0) is 9.53 Å². The first kappa shape index (κ1) is 12.8. The zero-order chi connectivity index (χ0) is 12.3. The second-order valence-electron chi connectivity index (χ2n) is 5.42. The maximum Gasteiger partial charge on any atom is 0.226 e. The third kappa shape index (κ3) is 3.19. The topological polar surface area (TPSA) is 32.8 Å². The normalized spacial score (nSPS) is 27.1. The summed E-state index contributed by atoms with van der Waals surface area (Å²) in [6, 6.07) is 0. The van der Waals surface area contributed by atoms with Crippen LogP contribution in [0.4, 0.5) is 0 Å². The quantitative estimate of drug-likeness (QED) is 0.729. The molecule has 0 aliphatic carbocycles. The molecule has 0 unspecified atom stereocenters. The average molecular weight is 240 g/mol. The highest BCUT2D eigenvalue weighted by Crippen LogP contribution is 2.24. The van der Waals surface area contributed by atoms with Crippen LogP contribution in [0.15, 0.2) is 0 Å². The highest BCUT2D eigenvalue weighted by molar-refractivity contribution is 5.81. The van der Waals surface area contributed by atoms with Gasteiger partial charge in [0.1, 0.15) is 0 Å². The molecule has 98 valence electrons. The van der Waals surface area contributed by atoms with Crippen LogP contribution < -0.4 is 0 Å². The van der Waals surface area contributed by atoms with Crippen molar-refractivity contribution >= 4 is 5.91 Å². The van der Waals surface area contributed by atoms with Crippen LogP contribution in [0.1, 0.15) is 20.3 Å². The molecule has 0 spiro atoms. The fraction of sp³-hybridized carbons (Fsp3) is 0.923. The predicted molar refractivity (Wildman–Crippen MR) is 66.8 cm³/mol. The predicted octanol–water partition coefficient (Wildman–Crippen LogP) is 0.823. The Kier molecular flexibility index (Phi) is 4.40. The molecule has 4 heteroatoms. The molecule has 17 heavy (non-hydrogen) atoms. The highest BCUT2D eigenvalue weighted by Gasteiger charge is 2.33. The minimum Gasteiger partial charge on any atom is -0.379 e. The Bertz CT molecular complexity index is 262. The number of rotatable bonds is 4. The van der Waals surface area contributed by atoms with Gasteiger partial charge in [-0.05, 0) is 12.3 Å². The number of morpholine rings is 1. The van der Waals surface area contributed by atoms with Crippen molar-refractivity contribution in [2.45, 2.75) is 20.3 Å². The molecule has 2 heterocycles. The summed E-state index contributed by atoms with van der Waals surface area (Å²) in [7, 11) is 0. The lowest BCUT2D eigenvalue weighted by molar-refractivity contribution is -0.132. The monoisotopic (exact) mass is 240 g/mol. The molecule has 2 aliphatic heterocycles. The molecule has 0 saturated carbocycles. The molecule has 1 amide bonds. The van der Waals surface area contributed by atoms with Crippen molar-refractivity contribution in [1.82, 2.24) is 9.80 Å². The Morgan fingerprint density at radius 1 is 1.24 bits per heavy atom. The number of hydrogen-bond acceptors (Lipinski definition) is 3. The third-order valence-electron chi connectivity index (χ3n) is 3.93. The zero-order valence-corrected chi connectivity index (χ0v) is 11.0. The summed E-state index contributed by atoms with van der Waals surface area (Å²) in [6.45, 7) is 10.8. The van der Waals surface area contributed by atoms with Gasteiger partial charge >= 0.3 is 0 Å². The molecule has 0 aromatic heterocycles. The van der Waals surface area contributed by atoms with E-state index in [1.54, 1.807) is 0 Å². The van der Waals surface area contributed by atoms with Crippen molar-refractivity contribution in [3.8, 4) is 0 Å². The van der Waals surface area contributed by atoms with Gasteiger partial charge in [-0.3, -0.25) is 9.69 Å². The van der Waals surface area contributed by atoms with Crippen molar-refractivity contribution in [1.29, 1.82) is 0 Å². The maximum atomic E-state index is 12.1. The fourth-order valence-electron chi connectivity index (χ4n) is 2.69. The summed E-state index contributed by atoms with van der Waals surface area (Å²) in [5.74, 6) is 1.11. The fourth-order valence-corrected chi connectivity index (χ4v) is 2.69. The van der Waals surface area contributed by atoms with Crippen LogP contribution in [0.2, 0.25) is 0 Å². The van der Waals surface area contributed by atoms with E-state index >= 15 is 0 Å². The van der Waals surface area contributed by atoms with Gasteiger partial charge in [0.15, 0.2) is 0 Å². The summed E-state index contributed by atoms with van der Waals surface area (Å²) >= 11 is 0. The average Bonchev–Trinajstić information content (AvgIpc) is 2.69. The first-order valence-electron chi connectivity index (χ1n) is 6.77. The van der Waals surface area contributed by atoms with Gasteiger partial charge in [0.25, 0.3) is 0 Å². The number of amides is 1. The highest BCUT2D eigenvalue weighted by atomic mass is 16.5. The first-order valence-corrected chi connectivity index (χ1v) is 6.77. The van der Waals surface area contributed by atoms with Crippen molar-refractivity contribution in [2.24, 2.45) is 11.8 Å². The van der Waals surface area contributed by atoms with Gasteiger partial charge in [-0.1, -0.05) is 13.8 Å². The van der Waals surface area contributed by atoms with E-state index in [2.05, 4.69) is 18.7 Å². The van der Waals surface area contributed by atoms with Crippen molar-refractivity contribution in [2.75, 3.05) is 45.9 Å². The second kappa shape index (κ2) is 5.83. The largest absolute Gasteiger partial charge is 0.379 e. The number of carbonyl (C=O) groups is 1. The molecule has 2 rings (SSSR count). The molecular formula is C13H24N2O2. The summed E-state index contributed by atoms with van der Waals surface area (Å²) in [5.41, 5.74) is 0. The first-order chi connectivity index (χ1) is 8.18. The summed E-state index contributed by atoms with van der Waals surface area (Å²) < 4.78 is 5.32. The molecule has 4 nitrogen and oxygen atoms in total. The van der Waals surface area contributed by atoms with Gasteiger partial charge in [0.05, 0.1) is 13.2 Å². The van der Waals surface area contributed by atoms with E-state index in [0.717, 1.165) is 52.4 Å². The van der Waals surface area contributed by atoms with Crippen molar-refractivity contribution in [3.05, 3.63) is 0 Å². The Morgan fingerprint density at radius 2 is 1.94 bits per heavy atom. The summed E-state index contributed by atoms with van der Waals surface area (Å²) in [5, 5.41) is 0. The van der Waals surface area contributed by atoms with Crippen LogP contribution in [0.25, 0.3) is 0 Å². The zero-order valence-electron chi connectivity index (χ0n) is 11.0. The maximum absolute atomic E-state index is 12.1. The number of ether oxygens (including phenoxy) is 1. The number of nitrogens with zero attached hydrogens (tertiary/aromatic N) is 2. The molecule has 2 aliphatic rings. The van der Waals surface area contributed by atoms with E-state index in [1.165, 1.54) is 0 Å². The summed E-state index contributed by atoms with van der Waals surface area (Å²) in [6.07, 6.45) is 1.04. The van der Waals surface area contributed by atoms with Crippen LogP contribution in [0.5, 0.6) is 0 Å². The van der Waals surface area contributed by atoms with E-state index in [4.69, 9.17) is 4.74 Å². The Hall–Kier alpha value is -0.610. The molecule has 0 aromatic rings. The molecule has 2 fully saturated rings. The number of carbonyl (C=O) groups excluding carboxylic acids is 1. The van der Waals surface area contributed by atoms with Gasteiger partial charge in [-0.15, -0.1) is 0 Å². The number of likely N-dealkylation sites (tertiary alicyclic amines) is 1. The molecule has 0 bridgehead atoms. The van der Waals surface area contributed by atoms with E-state index in [-0.39, 0.29) is 5.92 Å². The van der Waals surface area contributed by atoms with Crippen LogP contribution in [-0.4, -0.2) is 61.6 Å². The van der Waals surface area contributed by atoms with Crippen LogP contribution in [0.3, 0.4) is 0 Å². The second-order valence-corrected chi connectivity index (χ2v) is 5.42. The van der Waals surface area contributed by atoms with E-state index < -0.39 is 0 Å². The molecule has 1 atom stereocenters. The van der Waals surface area contributed by atoms with Gasteiger partial charge < -0.3 is 9.64 Å². The number of hydrogen-bond donors (Lipinski definition) is 0. The molecular weight excluding hydrogens is 216 g/mol. The lowest BCUT2D eigenvalue weighted by atomic mass is 9.95.